The summed E-state index contributed by atoms with van der Waals surface area (Å²) in [5, 5.41) is 0. The van der Waals surface area contributed by atoms with E-state index in [1.165, 1.54) is 0 Å². The van der Waals surface area contributed by atoms with Gasteiger partial charge in [0.1, 0.15) is 0 Å². The van der Waals surface area contributed by atoms with Crippen LogP contribution >= 0.6 is 0 Å². The monoisotopic (exact) mass is 274 g/mol. The molecule has 0 aliphatic rings. The van der Waals surface area contributed by atoms with Gasteiger partial charge in [-0.1, -0.05) is 0 Å². The summed E-state index contributed by atoms with van der Waals surface area (Å²) in [6.45, 7) is 3.08. The Morgan fingerprint density at radius 1 is 0.929 bits per heavy atom. The van der Waals surface area contributed by atoms with Crippen LogP contribution in [0.1, 0.15) is 20.8 Å². The third-order valence-corrected chi connectivity index (χ3v) is 2.52. The van der Waals surface area contributed by atoms with Gasteiger partial charge in [-0.15, -0.1) is 0 Å². The molecule has 0 unspecified atom stereocenters. The van der Waals surface area contributed by atoms with Crippen LogP contribution in [-0.2, 0) is 52.7 Å². The average Bonchev–Trinajstić information content (AvgIpc) is 2.02. The molecule has 0 fully saturated rings. The Labute approximate surface area is 102 Å². The minimum absolute atomic E-state index is 0.0979. The molecule has 0 bridgehead atoms. The van der Waals surface area contributed by atoms with Crippen molar-refractivity contribution in [1.82, 2.24) is 0 Å². The van der Waals surface area contributed by atoms with E-state index in [9.17, 15) is 19.2 Å². The first kappa shape index (κ1) is 13.6. The first-order chi connectivity index (χ1) is 6.31. The maximum absolute atomic E-state index is 11.3. The Bertz CT molecular complexity index is 271. The van der Waals surface area contributed by atoms with Gasteiger partial charge in [0.25, 0.3) is 0 Å². The Kier molecular flexibility index (Phi) is 4.74. The van der Waals surface area contributed by atoms with Gasteiger partial charge in [0.2, 0.25) is 0 Å². The van der Waals surface area contributed by atoms with Crippen LogP contribution in [0, 0.1) is 5.41 Å². The minimum atomic E-state index is -2.24. The number of Topliss-reactive ketones (excluding diaryl/α,β-unsaturated/α-hetero) is 3. The Hall–Kier alpha value is -0.416. The SMILES string of the molecule is CC(=O)C(C(C)=O)(C(C)=O)C(=O)[O][Y]. The van der Waals surface area contributed by atoms with Crippen LogP contribution in [0.2, 0.25) is 0 Å². The van der Waals surface area contributed by atoms with Crippen LogP contribution in [0.15, 0.2) is 0 Å². The Morgan fingerprint density at radius 2 is 1.21 bits per heavy atom. The zero-order chi connectivity index (χ0) is 11.5. The summed E-state index contributed by atoms with van der Waals surface area (Å²) in [6.07, 6.45) is 0. The summed E-state index contributed by atoms with van der Waals surface area (Å²) >= 11 is 0.0979. The fraction of sp³-hybridized carbons (Fsp3) is 0.500. The second-order valence-corrected chi connectivity index (χ2v) is 3.40. The quantitative estimate of drug-likeness (QED) is 0.660. The third-order valence-electron chi connectivity index (χ3n) is 2.00. The molecule has 0 rings (SSSR count). The molecule has 74 valence electrons. The molecule has 0 spiro atoms. The first-order valence-electron chi connectivity index (χ1n) is 3.76. The molecule has 0 heterocycles. The normalized spacial score (nSPS) is 10.4. The van der Waals surface area contributed by atoms with E-state index in [1.54, 1.807) is 0 Å². The van der Waals surface area contributed by atoms with Crippen molar-refractivity contribution in [1.29, 1.82) is 0 Å². The van der Waals surface area contributed by atoms with Gasteiger partial charge in [0, 0.05) is 0 Å². The summed E-state index contributed by atoms with van der Waals surface area (Å²) < 4.78 is 4.43. The molecule has 14 heavy (non-hydrogen) atoms. The van der Waals surface area contributed by atoms with Gasteiger partial charge in [-0.2, -0.15) is 0 Å². The molecule has 0 N–H and O–H groups in total. The van der Waals surface area contributed by atoms with Crippen molar-refractivity contribution in [3.8, 4) is 0 Å². The standard InChI is InChI=1S/C8H10O5.Y/c1-4(9)8(5(2)10,6(3)11)7(12)13;/h1-3H3,(H,12,13);/q;+1/p-1. The number of ketones is 3. The zero-order valence-electron chi connectivity index (χ0n) is 8.12. The molecule has 0 amide bonds. The van der Waals surface area contributed by atoms with Crippen LogP contribution in [0.3, 0.4) is 0 Å². The van der Waals surface area contributed by atoms with Crippen molar-refractivity contribution in [2.45, 2.75) is 20.8 Å². The van der Waals surface area contributed by atoms with Crippen molar-refractivity contribution < 1.29 is 52.7 Å². The summed E-state index contributed by atoms with van der Waals surface area (Å²) in [5.74, 6) is -3.45. The van der Waals surface area contributed by atoms with Gasteiger partial charge in [0.15, 0.2) is 0 Å². The van der Waals surface area contributed by atoms with Gasteiger partial charge in [0.05, 0.1) is 0 Å². The number of hydrogen-bond acceptors (Lipinski definition) is 5. The van der Waals surface area contributed by atoms with Crippen LogP contribution in [-0.4, -0.2) is 23.3 Å². The van der Waals surface area contributed by atoms with Crippen LogP contribution in [0.25, 0.3) is 0 Å². The molecule has 6 heteroatoms. The van der Waals surface area contributed by atoms with E-state index in [-0.39, 0.29) is 31.5 Å². The van der Waals surface area contributed by atoms with Crippen molar-refractivity contribution in [2.24, 2.45) is 5.41 Å². The van der Waals surface area contributed by atoms with Crippen LogP contribution < -0.4 is 0 Å². The molecule has 0 saturated heterocycles. The second-order valence-electron chi connectivity index (χ2n) is 2.82. The molecule has 0 saturated carbocycles. The molecule has 0 aromatic rings. The van der Waals surface area contributed by atoms with Gasteiger partial charge in [-0.25, -0.2) is 0 Å². The molecule has 0 atom stereocenters. The molecule has 0 aromatic heterocycles. The van der Waals surface area contributed by atoms with E-state index in [1.807, 2.05) is 0 Å². The van der Waals surface area contributed by atoms with Crippen molar-refractivity contribution in [3.63, 3.8) is 0 Å². The summed E-state index contributed by atoms with van der Waals surface area (Å²) in [6, 6.07) is 0. The average molecular weight is 274 g/mol. The number of rotatable bonds is 4. The number of hydrogen-bond donors (Lipinski definition) is 0. The number of carbonyl (C=O) groups is 4. The van der Waals surface area contributed by atoms with E-state index in [4.69, 9.17) is 0 Å². The molecule has 0 aromatic carbocycles. The summed E-state index contributed by atoms with van der Waals surface area (Å²) in [5.41, 5.74) is -2.24. The second kappa shape index (κ2) is 4.89. The van der Waals surface area contributed by atoms with E-state index in [0.717, 1.165) is 20.8 Å². The van der Waals surface area contributed by atoms with Crippen molar-refractivity contribution in [2.75, 3.05) is 0 Å². The van der Waals surface area contributed by atoms with Crippen LogP contribution in [0.4, 0.5) is 0 Å². The molecular weight excluding hydrogens is 265 g/mol. The van der Waals surface area contributed by atoms with Gasteiger partial charge in [-0.05, 0) is 0 Å². The van der Waals surface area contributed by atoms with E-state index in [2.05, 4.69) is 2.05 Å². The van der Waals surface area contributed by atoms with Crippen molar-refractivity contribution in [3.05, 3.63) is 0 Å². The van der Waals surface area contributed by atoms with E-state index in [0.29, 0.717) is 0 Å². The Morgan fingerprint density at radius 3 is 1.29 bits per heavy atom. The maximum atomic E-state index is 11.3. The molecule has 5 nitrogen and oxygen atoms in total. The van der Waals surface area contributed by atoms with E-state index < -0.39 is 28.7 Å². The predicted molar refractivity (Wildman–Crippen MR) is 40.6 cm³/mol. The fourth-order valence-corrected chi connectivity index (χ4v) is 1.70. The zero-order valence-corrected chi connectivity index (χ0v) is 11.0. The Balaban J connectivity index is 5.63. The molecule has 0 radical (unpaired) electrons. The summed E-state index contributed by atoms with van der Waals surface area (Å²) in [7, 11) is 0. The molecular formula is C8H9O5Y. The third kappa shape index (κ3) is 1.98. The molecule has 0 aliphatic heterocycles. The van der Waals surface area contributed by atoms with Gasteiger partial charge < -0.3 is 0 Å². The van der Waals surface area contributed by atoms with Crippen molar-refractivity contribution >= 4 is 23.3 Å². The predicted octanol–water partition coefficient (Wildman–Crippen LogP) is -0.255. The van der Waals surface area contributed by atoms with E-state index >= 15 is 0 Å². The van der Waals surface area contributed by atoms with Crippen LogP contribution in [0.5, 0.6) is 0 Å². The van der Waals surface area contributed by atoms with Gasteiger partial charge >= 0.3 is 102 Å². The fourth-order valence-electron chi connectivity index (χ4n) is 1.26. The molecule has 0 aliphatic carbocycles. The topological polar surface area (TPSA) is 77.5 Å². The first-order valence-corrected chi connectivity index (χ1v) is 4.92. The summed E-state index contributed by atoms with van der Waals surface area (Å²) in [4.78, 5) is 45.0. The van der Waals surface area contributed by atoms with Gasteiger partial charge in [-0.3, -0.25) is 0 Å². The number of carbonyl (C=O) groups excluding carboxylic acids is 4.